The van der Waals surface area contributed by atoms with Gasteiger partial charge in [0, 0.05) is 5.69 Å². The highest BCUT2D eigenvalue weighted by atomic mass is 14.9. The Kier molecular flexibility index (Phi) is 2.57. The first kappa shape index (κ1) is 10.6. The zero-order chi connectivity index (χ0) is 12.4. The molecule has 0 amide bonds. The highest BCUT2D eigenvalue weighted by molar-refractivity contribution is 5.80. The minimum atomic E-state index is 0.768. The van der Waals surface area contributed by atoms with Crippen LogP contribution < -0.4 is 5.73 Å². The van der Waals surface area contributed by atoms with Crippen LogP contribution in [0.25, 0.3) is 23.2 Å². The van der Waals surface area contributed by atoms with E-state index in [4.69, 9.17) is 5.73 Å². The van der Waals surface area contributed by atoms with Gasteiger partial charge in [0.15, 0.2) is 0 Å². The van der Waals surface area contributed by atoms with Gasteiger partial charge in [0.05, 0.1) is 11.0 Å². The minimum absolute atomic E-state index is 0.768. The molecule has 0 atom stereocenters. The van der Waals surface area contributed by atoms with E-state index in [-0.39, 0.29) is 0 Å². The first-order valence-electron chi connectivity index (χ1n) is 5.80. The van der Waals surface area contributed by atoms with Crippen molar-refractivity contribution in [2.45, 2.75) is 0 Å². The van der Waals surface area contributed by atoms with E-state index in [2.05, 4.69) is 9.97 Å². The Bertz CT molecular complexity index is 677. The number of aromatic amines is 1. The monoisotopic (exact) mass is 235 g/mol. The number of fused-ring (bicyclic) bond motifs is 1. The molecule has 0 saturated heterocycles. The van der Waals surface area contributed by atoms with Crippen LogP contribution >= 0.6 is 0 Å². The predicted octanol–water partition coefficient (Wildman–Crippen LogP) is 3.32. The second kappa shape index (κ2) is 4.37. The van der Waals surface area contributed by atoms with Crippen LogP contribution in [-0.4, -0.2) is 9.97 Å². The van der Waals surface area contributed by atoms with E-state index in [1.807, 2.05) is 60.7 Å². The number of anilines is 1. The Hall–Kier alpha value is -2.55. The van der Waals surface area contributed by atoms with Crippen molar-refractivity contribution in [2.24, 2.45) is 0 Å². The van der Waals surface area contributed by atoms with E-state index < -0.39 is 0 Å². The first-order valence-corrected chi connectivity index (χ1v) is 5.80. The van der Waals surface area contributed by atoms with Gasteiger partial charge >= 0.3 is 0 Å². The average Bonchev–Trinajstić information content (AvgIpc) is 2.80. The molecule has 0 saturated carbocycles. The van der Waals surface area contributed by atoms with Crippen LogP contribution in [0.2, 0.25) is 0 Å². The molecule has 0 spiro atoms. The van der Waals surface area contributed by atoms with Gasteiger partial charge in [0.25, 0.3) is 0 Å². The maximum atomic E-state index is 5.88. The van der Waals surface area contributed by atoms with E-state index in [0.717, 1.165) is 28.1 Å². The summed E-state index contributed by atoms with van der Waals surface area (Å²) in [7, 11) is 0. The van der Waals surface area contributed by atoms with Crippen molar-refractivity contribution in [3.8, 4) is 0 Å². The molecule has 0 aliphatic carbocycles. The van der Waals surface area contributed by atoms with E-state index in [1.165, 1.54) is 0 Å². The number of hydrogen-bond donors (Lipinski definition) is 2. The van der Waals surface area contributed by atoms with Crippen LogP contribution in [0.3, 0.4) is 0 Å². The number of imidazole rings is 1. The Balaban J connectivity index is 1.95. The van der Waals surface area contributed by atoms with Crippen LogP contribution in [0, 0.1) is 0 Å². The fourth-order valence-electron chi connectivity index (χ4n) is 1.88. The summed E-state index contributed by atoms with van der Waals surface area (Å²) in [6, 6.07) is 15.7. The first-order chi connectivity index (χ1) is 8.83. The Morgan fingerprint density at radius 3 is 2.56 bits per heavy atom. The van der Waals surface area contributed by atoms with Gasteiger partial charge in [-0.15, -0.1) is 0 Å². The van der Waals surface area contributed by atoms with Gasteiger partial charge in [-0.25, -0.2) is 4.98 Å². The third kappa shape index (κ3) is 1.98. The van der Waals surface area contributed by atoms with Gasteiger partial charge in [0.1, 0.15) is 5.82 Å². The topological polar surface area (TPSA) is 54.7 Å². The van der Waals surface area contributed by atoms with Crippen LogP contribution in [0.5, 0.6) is 0 Å². The zero-order valence-electron chi connectivity index (χ0n) is 9.80. The zero-order valence-corrected chi connectivity index (χ0v) is 9.80. The molecule has 0 aliphatic rings. The second-order valence-electron chi connectivity index (χ2n) is 4.10. The molecule has 3 rings (SSSR count). The van der Waals surface area contributed by atoms with E-state index >= 15 is 0 Å². The third-order valence-electron chi connectivity index (χ3n) is 2.82. The Morgan fingerprint density at radius 2 is 1.72 bits per heavy atom. The molecule has 18 heavy (non-hydrogen) atoms. The number of aromatic nitrogens is 2. The van der Waals surface area contributed by atoms with E-state index in [1.54, 1.807) is 0 Å². The average molecular weight is 235 g/mol. The molecular formula is C15H13N3. The predicted molar refractivity (Wildman–Crippen MR) is 75.9 cm³/mol. The van der Waals surface area contributed by atoms with Crippen molar-refractivity contribution < 1.29 is 0 Å². The highest BCUT2D eigenvalue weighted by Gasteiger charge is 1.98. The fraction of sp³-hybridized carbons (Fsp3) is 0. The second-order valence-corrected chi connectivity index (χ2v) is 4.10. The lowest BCUT2D eigenvalue weighted by molar-refractivity contribution is 1.29. The summed E-state index contributed by atoms with van der Waals surface area (Å²) >= 11 is 0. The van der Waals surface area contributed by atoms with Gasteiger partial charge in [-0.1, -0.05) is 30.3 Å². The van der Waals surface area contributed by atoms with Crippen molar-refractivity contribution >= 4 is 28.9 Å². The number of benzene rings is 2. The van der Waals surface area contributed by atoms with Crippen molar-refractivity contribution in [1.82, 2.24) is 9.97 Å². The number of nitrogens with one attached hydrogen (secondary N) is 1. The van der Waals surface area contributed by atoms with Crippen molar-refractivity contribution in [3.05, 3.63) is 59.9 Å². The SMILES string of the molecule is Nc1ccccc1/C=C/c1nc2ccccc2[nH]1. The Labute approximate surface area is 105 Å². The maximum absolute atomic E-state index is 5.88. The number of hydrogen-bond acceptors (Lipinski definition) is 2. The fourth-order valence-corrected chi connectivity index (χ4v) is 1.88. The molecule has 0 aliphatic heterocycles. The minimum Gasteiger partial charge on any atom is -0.398 e. The van der Waals surface area contributed by atoms with Gasteiger partial charge in [0.2, 0.25) is 0 Å². The number of para-hydroxylation sites is 3. The molecule has 0 fully saturated rings. The largest absolute Gasteiger partial charge is 0.398 e. The standard InChI is InChI=1S/C15H13N3/c16-12-6-2-1-5-11(12)9-10-15-17-13-7-3-4-8-14(13)18-15/h1-10H,16H2,(H,17,18)/b10-9+. The molecule has 88 valence electrons. The van der Waals surface area contributed by atoms with Crippen LogP contribution in [-0.2, 0) is 0 Å². The molecule has 0 unspecified atom stereocenters. The summed E-state index contributed by atoms with van der Waals surface area (Å²) in [6.07, 6.45) is 3.90. The number of nitrogen functional groups attached to an aromatic ring is 1. The summed E-state index contributed by atoms with van der Waals surface area (Å²) in [4.78, 5) is 7.72. The summed E-state index contributed by atoms with van der Waals surface area (Å²) in [5.74, 6) is 0.833. The normalized spacial score (nSPS) is 11.3. The van der Waals surface area contributed by atoms with Crippen molar-refractivity contribution in [2.75, 3.05) is 5.73 Å². The summed E-state index contributed by atoms with van der Waals surface area (Å²) in [5.41, 5.74) is 9.65. The molecular weight excluding hydrogens is 222 g/mol. The molecule has 0 radical (unpaired) electrons. The molecule has 1 aromatic heterocycles. The van der Waals surface area contributed by atoms with Crippen LogP contribution in [0.15, 0.2) is 48.5 Å². The van der Waals surface area contributed by atoms with Crippen molar-refractivity contribution in [3.63, 3.8) is 0 Å². The van der Waals surface area contributed by atoms with Gasteiger partial charge in [-0.05, 0) is 35.9 Å². The number of rotatable bonds is 2. The van der Waals surface area contributed by atoms with Crippen molar-refractivity contribution in [1.29, 1.82) is 0 Å². The van der Waals surface area contributed by atoms with Crippen LogP contribution in [0.4, 0.5) is 5.69 Å². The number of H-pyrrole nitrogens is 1. The summed E-state index contributed by atoms with van der Waals surface area (Å²) in [6.45, 7) is 0. The molecule has 2 aromatic carbocycles. The van der Waals surface area contributed by atoms with E-state index in [0.29, 0.717) is 0 Å². The maximum Gasteiger partial charge on any atom is 0.131 e. The third-order valence-corrected chi connectivity index (χ3v) is 2.82. The molecule has 1 heterocycles. The highest BCUT2D eigenvalue weighted by Crippen LogP contribution is 2.15. The van der Waals surface area contributed by atoms with E-state index in [9.17, 15) is 0 Å². The molecule has 3 heteroatoms. The summed E-state index contributed by atoms with van der Waals surface area (Å²) < 4.78 is 0. The van der Waals surface area contributed by atoms with Gasteiger partial charge in [-0.3, -0.25) is 0 Å². The quantitative estimate of drug-likeness (QED) is 0.669. The lowest BCUT2D eigenvalue weighted by Crippen LogP contribution is -1.87. The molecule has 3 aromatic rings. The van der Waals surface area contributed by atoms with Gasteiger partial charge in [-0.2, -0.15) is 0 Å². The lowest BCUT2D eigenvalue weighted by atomic mass is 10.1. The smallest absolute Gasteiger partial charge is 0.131 e. The number of nitrogens with zero attached hydrogens (tertiary/aromatic N) is 1. The Morgan fingerprint density at radius 1 is 0.944 bits per heavy atom. The molecule has 3 nitrogen and oxygen atoms in total. The lowest BCUT2D eigenvalue weighted by Gasteiger charge is -1.97. The molecule has 0 bridgehead atoms. The van der Waals surface area contributed by atoms with Crippen LogP contribution in [0.1, 0.15) is 11.4 Å². The molecule has 3 N–H and O–H groups in total. The summed E-state index contributed by atoms with van der Waals surface area (Å²) in [5, 5.41) is 0. The van der Waals surface area contributed by atoms with Gasteiger partial charge < -0.3 is 10.7 Å². The number of nitrogens with two attached hydrogens (primary N) is 1.